The van der Waals surface area contributed by atoms with Crippen molar-refractivity contribution in [1.82, 2.24) is 0 Å². The van der Waals surface area contributed by atoms with Gasteiger partial charge in [-0.25, -0.2) is 0 Å². The van der Waals surface area contributed by atoms with E-state index in [9.17, 15) is 0 Å². The van der Waals surface area contributed by atoms with E-state index in [1.165, 1.54) is 33.4 Å². The fourth-order valence-electron chi connectivity index (χ4n) is 3.31. The Kier molecular flexibility index (Phi) is 12.4. The fraction of sp³-hybridized carbons (Fsp3) is 0.462. The zero-order chi connectivity index (χ0) is 23.6. The Balaban J connectivity index is 0.000000720. The topological polar surface area (TPSA) is 37.4 Å². The van der Waals surface area contributed by atoms with Gasteiger partial charge in [-0.15, -0.1) is 0 Å². The van der Waals surface area contributed by atoms with Crippen molar-refractivity contribution in [3.63, 3.8) is 0 Å². The molecule has 31 heavy (non-hydrogen) atoms. The number of hydrogen-bond donors (Lipinski definition) is 0. The van der Waals surface area contributed by atoms with Crippen LogP contribution in [-0.2, 0) is 31.6 Å². The zero-order valence-electron chi connectivity index (χ0n) is 21.1. The van der Waals surface area contributed by atoms with E-state index in [1.54, 1.807) is 28.2 Å². The first kappa shape index (κ1) is 28.2. The first-order chi connectivity index (χ1) is 14.6. The maximum Gasteiger partial charge on any atom is -0.162 e. The van der Waals surface area contributed by atoms with Gasteiger partial charge in [0.2, 0.25) is 0 Å². The van der Waals surface area contributed by atoms with Crippen LogP contribution in [0, 0.1) is 0 Å². The van der Waals surface area contributed by atoms with Crippen LogP contribution in [-0.4, -0.2) is 37.2 Å². The van der Waals surface area contributed by atoms with Crippen molar-refractivity contribution in [3.8, 4) is 11.1 Å². The van der Waals surface area contributed by atoms with Crippen LogP contribution in [0.3, 0.4) is 0 Å². The largest absolute Gasteiger partial charge is 0.668 e. The predicted octanol–water partition coefficient (Wildman–Crippen LogP) is 7.35. The van der Waals surface area contributed by atoms with E-state index in [-0.39, 0.29) is 5.41 Å². The molecule has 2 aromatic carbocycles. The molecule has 5 heteroatoms. The van der Waals surface area contributed by atoms with Crippen LogP contribution in [0.5, 0.6) is 0 Å². The molecule has 0 fully saturated rings. The molecule has 0 saturated heterocycles. The molecular weight excluding hydrogens is 476 g/mol. The van der Waals surface area contributed by atoms with Crippen molar-refractivity contribution in [3.05, 3.63) is 75.4 Å². The number of benzene rings is 2. The minimum atomic E-state index is -0.914. The van der Waals surface area contributed by atoms with Gasteiger partial charge in [0.15, 0.2) is 0 Å². The summed E-state index contributed by atoms with van der Waals surface area (Å²) in [7, 11) is 6.09. The fourth-order valence-corrected chi connectivity index (χ4v) is 8.33. The molecule has 1 aliphatic carbocycles. The summed E-state index contributed by atoms with van der Waals surface area (Å²) in [5.41, 5.74) is 8.68. The van der Waals surface area contributed by atoms with E-state index in [4.69, 9.17) is 2.50 Å². The molecule has 0 aliphatic heterocycles. The normalized spacial score (nSPS) is 14.5. The van der Waals surface area contributed by atoms with Gasteiger partial charge in [0.1, 0.15) is 0 Å². The minimum absolute atomic E-state index is 0.198. The molecule has 2 aromatic rings. The smallest absolute Gasteiger partial charge is 0.162 e. The summed E-state index contributed by atoms with van der Waals surface area (Å²) in [6, 6.07) is 15.9. The average Bonchev–Trinajstić information content (AvgIpc) is 3.02. The van der Waals surface area contributed by atoms with Crippen LogP contribution in [0.4, 0.5) is 0 Å². The van der Waals surface area contributed by atoms with Gasteiger partial charge >= 0.3 is 167 Å². The number of rotatable bonds is 4. The summed E-state index contributed by atoms with van der Waals surface area (Å²) in [5.74, 6) is 0. The van der Waals surface area contributed by atoms with E-state index in [1.807, 2.05) is 0 Å². The Morgan fingerprint density at radius 2 is 1.45 bits per heavy atom. The predicted molar refractivity (Wildman–Crippen MR) is 137 cm³/mol. The molecule has 0 aromatic heterocycles. The van der Waals surface area contributed by atoms with Gasteiger partial charge in [-0.2, -0.15) is 28.2 Å². The third-order valence-electron chi connectivity index (χ3n) is 4.76. The van der Waals surface area contributed by atoms with Gasteiger partial charge in [-0.3, -0.25) is 0 Å². The van der Waals surface area contributed by atoms with Crippen molar-refractivity contribution in [1.29, 1.82) is 0 Å². The average molecular weight is 516 g/mol. The summed E-state index contributed by atoms with van der Waals surface area (Å²) in [6.07, 6.45) is 2.40. The van der Waals surface area contributed by atoms with Crippen LogP contribution in [0.1, 0.15) is 48.0 Å². The molecule has 0 spiro atoms. The second-order valence-corrected chi connectivity index (χ2v) is 15.2. The number of nitrogens with zero attached hydrogens (tertiary/aromatic N) is 2. The quantitative estimate of drug-likeness (QED) is 0.392. The van der Waals surface area contributed by atoms with Gasteiger partial charge in [-0.05, 0) is 0 Å². The molecule has 3 rings (SSSR count). The van der Waals surface area contributed by atoms with Crippen LogP contribution in [0.25, 0.3) is 27.8 Å². The van der Waals surface area contributed by atoms with Crippen molar-refractivity contribution < 1.29 is 26.2 Å². The Morgan fingerprint density at radius 3 is 1.94 bits per heavy atom. The molecule has 1 aliphatic rings. The Morgan fingerprint density at radius 1 is 0.903 bits per heavy atom. The molecule has 0 bridgehead atoms. The molecule has 1 atom stereocenters. The minimum Gasteiger partial charge on any atom is -0.668 e. The van der Waals surface area contributed by atoms with Gasteiger partial charge in [0.25, 0.3) is 0 Å². The van der Waals surface area contributed by atoms with Crippen molar-refractivity contribution >= 4 is 15.1 Å². The SMILES string of the molecule is CC1=Cc2c(-c3ccc(C(C)(C)C)cc3)cccc2[CH]1[Zr+2][O][SiH](C)C.C[N-]C.C[N-]C. The number of fused-ring (bicyclic) bond motifs is 1. The third kappa shape index (κ3) is 8.55. The number of hydrogen-bond acceptors (Lipinski definition) is 1. The Labute approximate surface area is 205 Å². The molecule has 0 radical (unpaired) electrons. The molecule has 1 unspecified atom stereocenters. The molecule has 168 valence electrons. The second kappa shape index (κ2) is 13.6. The van der Waals surface area contributed by atoms with E-state index in [0.29, 0.717) is 3.63 Å². The van der Waals surface area contributed by atoms with Gasteiger partial charge < -0.3 is 10.6 Å². The van der Waals surface area contributed by atoms with Crippen molar-refractivity contribution in [2.24, 2.45) is 0 Å². The molecule has 0 heterocycles. The molecule has 0 saturated carbocycles. The van der Waals surface area contributed by atoms with Crippen molar-refractivity contribution in [2.45, 2.75) is 49.8 Å². The van der Waals surface area contributed by atoms with Crippen molar-refractivity contribution in [2.75, 3.05) is 28.2 Å². The van der Waals surface area contributed by atoms with Crippen LogP contribution in [0.15, 0.2) is 48.0 Å². The Bertz CT molecular complexity index is 824. The monoisotopic (exact) mass is 514 g/mol. The van der Waals surface area contributed by atoms with E-state index in [0.717, 1.165) is 0 Å². The summed E-state index contributed by atoms with van der Waals surface area (Å²) in [6.45, 7) is 13.6. The second-order valence-electron chi connectivity index (χ2n) is 9.14. The zero-order valence-corrected chi connectivity index (χ0v) is 24.7. The molecule has 0 N–H and O–H groups in total. The Hall–Kier alpha value is -0.840. The van der Waals surface area contributed by atoms with E-state index >= 15 is 0 Å². The number of allylic oxidation sites excluding steroid dienone is 1. The first-order valence-electron chi connectivity index (χ1n) is 10.9. The van der Waals surface area contributed by atoms with Gasteiger partial charge in [-0.1, -0.05) is 0 Å². The molecular formula is C26H40N2OSiZr. The summed E-state index contributed by atoms with van der Waals surface area (Å²) in [4.78, 5) is 0. The van der Waals surface area contributed by atoms with Crippen LogP contribution in [0.2, 0.25) is 13.1 Å². The first-order valence-corrected chi connectivity index (χ1v) is 16.1. The molecule has 0 amide bonds. The maximum absolute atomic E-state index is 6.22. The molecule has 3 nitrogen and oxygen atoms in total. The maximum atomic E-state index is 6.22. The summed E-state index contributed by atoms with van der Waals surface area (Å²) >= 11 is -0.850. The van der Waals surface area contributed by atoms with E-state index < -0.39 is 32.7 Å². The van der Waals surface area contributed by atoms with Gasteiger partial charge in [0.05, 0.1) is 0 Å². The van der Waals surface area contributed by atoms with Crippen LogP contribution < -0.4 is 0 Å². The summed E-state index contributed by atoms with van der Waals surface area (Å²) < 4.78 is 6.81. The standard InChI is InChI=1S/C20H21.2C2H6N.C2H7OSi.Zr/c1-14-12-16-6-5-7-18(19(16)13-14)15-8-10-17(11-9-15)20(2,3)4;2*1-3-2;1-4(2)3;/h5-13H,1-4H3;2*1-2H3;4H,1-2H3;/q;3*-1;+3. The van der Waals surface area contributed by atoms with Gasteiger partial charge in [0, 0.05) is 0 Å². The summed E-state index contributed by atoms with van der Waals surface area (Å²) in [5, 5.41) is 7.00. The third-order valence-corrected chi connectivity index (χ3v) is 12.3. The van der Waals surface area contributed by atoms with E-state index in [2.05, 4.69) is 100.0 Å². The van der Waals surface area contributed by atoms with Crippen LogP contribution >= 0.6 is 0 Å².